The summed E-state index contributed by atoms with van der Waals surface area (Å²) in [5.41, 5.74) is 2.24. The van der Waals surface area contributed by atoms with E-state index >= 15 is 0 Å². The molecule has 0 saturated heterocycles. The van der Waals surface area contributed by atoms with Crippen LogP contribution in [0.2, 0.25) is 0 Å². The second-order valence-corrected chi connectivity index (χ2v) is 6.21. The van der Waals surface area contributed by atoms with Crippen molar-refractivity contribution in [2.45, 2.75) is 18.4 Å². The van der Waals surface area contributed by atoms with E-state index in [2.05, 4.69) is 10.0 Å². The quantitative estimate of drug-likeness (QED) is 0.889. The molecule has 0 fully saturated rings. The van der Waals surface area contributed by atoms with Gasteiger partial charge in [0.05, 0.1) is 10.6 Å². The lowest BCUT2D eigenvalue weighted by Crippen LogP contribution is -2.16. The first kappa shape index (κ1) is 14.6. The van der Waals surface area contributed by atoms with Crippen molar-refractivity contribution < 1.29 is 8.42 Å². The predicted molar refractivity (Wildman–Crippen MR) is 81.2 cm³/mol. The Kier molecular flexibility index (Phi) is 4.42. The standard InChI is InChI=1S/C15H18N2O2S/c1-12-7-3-6-10-15(12)20(18,19)17-14-9-5-4-8-13(14)11-16-2/h3-10,16-17H,11H2,1-2H3. The normalized spacial score (nSPS) is 11.3. The number of nitrogens with one attached hydrogen (secondary N) is 2. The summed E-state index contributed by atoms with van der Waals surface area (Å²) in [6.07, 6.45) is 0. The van der Waals surface area contributed by atoms with Crippen LogP contribution in [0.1, 0.15) is 11.1 Å². The number of sulfonamides is 1. The van der Waals surface area contributed by atoms with E-state index < -0.39 is 10.0 Å². The van der Waals surface area contributed by atoms with Crippen LogP contribution in [0.25, 0.3) is 0 Å². The van der Waals surface area contributed by atoms with Gasteiger partial charge < -0.3 is 5.32 Å². The minimum atomic E-state index is -3.56. The predicted octanol–water partition coefficient (Wildman–Crippen LogP) is 2.52. The van der Waals surface area contributed by atoms with Gasteiger partial charge in [-0.05, 0) is 37.2 Å². The topological polar surface area (TPSA) is 58.2 Å². The van der Waals surface area contributed by atoms with Gasteiger partial charge in [-0.1, -0.05) is 36.4 Å². The lowest BCUT2D eigenvalue weighted by molar-refractivity contribution is 0.600. The van der Waals surface area contributed by atoms with Crippen molar-refractivity contribution in [2.24, 2.45) is 0 Å². The molecule has 0 aliphatic rings. The van der Waals surface area contributed by atoms with Gasteiger partial charge in [-0.2, -0.15) is 0 Å². The van der Waals surface area contributed by atoms with Crippen LogP contribution in [-0.4, -0.2) is 15.5 Å². The van der Waals surface area contributed by atoms with Crippen molar-refractivity contribution in [1.82, 2.24) is 5.32 Å². The van der Waals surface area contributed by atoms with Gasteiger partial charge in [-0.3, -0.25) is 4.72 Å². The molecule has 0 atom stereocenters. The van der Waals surface area contributed by atoms with Gasteiger partial charge in [0.15, 0.2) is 0 Å². The summed E-state index contributed by atoms with van der Waals surface area (Å²) in [5.74, 6) is 0. The maximum absolute atomic E-state index is 12.4. The Bertz CT molecular complexity index is 697. The monoisotopic (exact) mass is 290 g/mol. The van der Waals surface area contributed by atoms with E-state index in [4.69, 9.17) is 0 Å². The number of hydrogen-bond acceptors (Lipinski definition) is 3. The smallest absolute Gasteiger partial charge is 0.262 e. The molecule has 20 heavy (non-hydrogen) atoms. The second-order valence-electron chi connectivity index (χ2n) is 4.56. The fraction of sp³-hybridized carbons (Fsp3) is 0.200. The van der Waals surface area contributed by atoms with Gasteiger partial charge in [0, 0.05) is 6.54 Å². The highest BCUT2D eigenvalue weighted by Crippen LogP contribution is 2.21. The average molecular weight is 290 g/mol. The molecule has 2 aromatic carbocycles. The number of hydrogen-bond donors (Lipinski definition) is 2. The number of rotatable bonds is 5. The van der Waals surface area contributed by atoms with Crippen molar-refractivity contribution >= 4 is 15.7 Å². The first-order valence-corrected chi connectivity index (χ1v) is 7.84. The van der Waals surface area contributed by atoms with E-state index in [0.29, 0.717) is 17.1 Å². The zero-order valence-electron chi connectivity index (χ0n) is 11.6. The van der Waals surface area contributed by atoms with E-state index in [0.717, 1.165) is 11.1 Å². The molecule has 2 rings (SSSR count). The lowest BCUT2D eigenvalue weighted by Gasteiger charge is -2.13. The molecule has 0 amide bonds. The largest absolute Gasteiger partial charge is 0.316 e. The summed E-state index contributed by atoms with van der Waals surface area (Å²) >= 11 is 0. The Morgan fingerprint density at radius 2 is 1.65 bits per heavy atom. The number of anilines is 1. The van der Waals surface area contributed by atoms with E-state index in [1.54, 1.807) is 31.2 Å². The van der Waals surface area contributed by atoms with E-state index in [9.17, 15) is 8.42 Å². The molecule has 0 saturated carbocycles. The Hall–Kier alpha value is -1.85. The highest BCUT2D eigenvalue weighted by atomic mass is 32.2. The molecule has 0 aliphatic carbocycles. The van der Waals surface area contributed by atoms with Crippen molar-refractivity contribution in [3.05, 3.63) is 59.7 Å². The van der Waals surface area contributed by atoms with Crippen LogP contribution in [0.3, 0.4) is 0 Å². The molecule has 2 N–H and O–H groups in total. The molecule has 2 aromatic rings. The van der Waals surface area contributed by atoms with Crippen LogP contribution in [0.5, 0.6) is 0 Å². The van der Waals surface area contributed by atoms with Gasteiger partial charge in [0.25, 0.3) is 10.0 Å². The van der Waals surface area contributed by atoms with Crippen molar-refractivity contribution in [1.29, 1.82) is 0 Å². The molecule has 0 aromatic heterocycles. The molecule has 0 unspecified atom stereocenters. The fourth-order valence-electron chi connectivity index (χ4n) is 2.02. The van der Waals surface area contributed by atoms with Gasteiger partial charge in [0.1, 0.15) is 0 Å². The molecule has 0 aliphatic heterocycles. The zero-order chi connectivity index (χ0) is 14.6. The van der Waals surface area contributed by atoms with Gasteiger partial charge in [0.2, 0.25) is 0 Å². The van der Waals surface area contributed by atoms with Crippen LogP contribution in [0.15, 0.2) is 53.4 Å². The van der Waals surface area contributed by atoms with Gasteiger partial charge in [-0.15, -0.1) is 0 Å². The Balaban J connectivity index is 2.37. The lowest BCUT2D eigenvalue weighted by atomic mass is 10.2. The third-order valence-corrected chi connectivity index (χ3v) is 4.54. The summed E-state index contributed by atoms with van der Waals surface area (Å²) in [7, 11) is -1.74. The maximum Gasteiger partial charge on any atom is 0.262 e. The first-order valence-electron chi connectivity index (χ1n) is 6.35. The van der Waals surface area contributed by atoms with Crippen LogP contribution in [0.4, 0.5) is 5.69 Å². The Morgan fingerprint density at radius 1 is 1.00 bits per heavy atom. The summed E-state index contributed by atoms with van der Waals surface area (Å²) < 4.78 is 27.6. The fourth-order valence-corrected chi connectivity index (χ4v) is 3.37. The van der Waals surface area contributed by atoms with E-state index in [1.165, 1.54) is 0 Å². The molecule has 0 spiro atoms. The second kappa shape index (κ2) is 6.07. The third-order valence-electron chi connectivity index (χ3n) is 3.01. The Labute approximate surface area is 119 Å². The summed E-state index contributed by atoms with van der Waals surface area (Å²) in [5, 5.41) is 3.03. The number of para-hydroxylation sites is 1. The molecular weight excluding hydrogens is 272 g/mol. The molecule has 0 heterocycles. The molecule has 5 heteroatoms. The summed E-state index contributed by atoms with van der Waals surface area (Å²) in [6.45, 7) is 2.39. The SMILES string of the molecule is CNCc1ccccc1NS(=O)(=O)c1ccccc1C. The van der Waals surface area contributed by atoms with Crippen molar-refractivity contribution in [3.8, 4) is 0 Å². The zero-order valence-corrected chi connectivity index (χ0v) is 12.4. The van der Waals surface area contributed by atoms with Crippen LogP contribution in [-0.2, 0) is 16.6 Å². The molecule has 106 valence electrons. The first-order chi connectivity index (χ1) is 9.54. The molecular formula is C15H18N2O2S. The summed E-state index contributed by atoms with van der Waals surface area (Å²) in [4.78, 5) is 0.305. The van der Waals surface area contributed by atoms with Crippen molar-refractivity contribution in [2.75, 3.05) is 11.8 Å². The minimum Gasteiger partial charge on any atom is -0.316 e. The maximum atomic E-state index is 12.4. The Morgan fingerprint density at radius 3 is 2.35 bits per heavy atom. The third kappa shape index (κ3) is 3.18. The number of aryl methyl sites for hydroxylation is 1. The van der Waals surface area contributed by atoms with Crippen LogP contribution < -0.4 is 10.0 Å². The number of benzene rings is 2. The molecule has 0 radical (unpaired) electrons. The van der Waals surface area contributed by atoms with Gasteiger partial charge in [-0.25, -0.2) is 8.42 Å². The van der Waals surface area contributed by atoms with Crippen molar-refractivity contribution in [3.63, 3.8) is 0 Å². The van der Waals surface area contributed by atoms with Crippen LogP contribution in [0, 0.1) is 6.92 Å². The molecule has 0 bridgehead atoms. The highest BCUT2D eigenvalue weighted by molar-refractivity contribution is 7.92. The average Bonchev–Trinajstić information content (AvgIpc) is 2.41. The van der Waals surface area contributed by atoms with E-state index in [1.807, 2.05) is 31.3 Å². The van der Waals surface area contributed by atoms with Gasteiger partial charge >= 0.3 is 0 Å². The highest BCUT2D eigenvalue weighted by Gasteiger charge is 2.17. The van der Waals surface area contributed by atoms with E-state index in [-0.39, 0.29) is 0 Å². The molecule has 4 nitrogen and oxygen atoms in total. The minimum absolute atomic E-state index is 0.305. The summed E-state index contributed by atoms with van der Waals surface area (Å²) in [6, 6.07) is 14.3. The van der Waals surface area contributed by atoms with Crippen LogP contribution >= 0.6 is 0 Å².